The molecule has 2 N–H and O–H groups in total. The van der Waals surface area contributed by atoms with Crippen LogP contribution in [0.15, 0.2) is 59.1 Å². The number of methoxy groups -OCH3 is 1. The van der Waals surface area contributed by atoms with Crippen LogP contribution in [0.1, 0.15) is 25.0 Å². The highest BCUT2D eigenvalue weighted by atomic mass is 79.9. The summed E-state index contributed by atoms with van der Waals surface area (Å²) < 4.78 is 11.0. The van der Waals surface area contributed by atoms with Gasteiger partial charge in [0.1, 0.15) is 18.7 Å². The molecule has 2 rings (SSSR count). The minimum atomic E-state index is -0.887. The lowest BCUT2D eigenvalue weighted by atomic mass is 10.0. The van der Waals surface area contributed by atoms with Gasteiger partial charge in [0, 0.05) is 10.9 Å². The number of amides is 2. The van der Waals surface area contributed by atoms with E-state index in [4.69, 9.17) is 9.47 Å². The number of halogens is 1. The Bertz CT molecular complexity index is 871. The van der Waals surface area contributed by atoms with Crippen LogP contribution in [0.3, 0.4) is 0 Å². The van der Waals surface area contributed by atoms with E-state index in [-0.39, 0.29) is 18.9 Å². The first kappa shape index (κ1) is 24.4. The normalized spacial score (nSPS) is 12.5. The number of hydrogen-bond donors (Lipinski definition) is 2. The minimum Gasteiger partial charge on any atom is -0.467 e. The van der Waals surface area contributed by atoms with Crippen molar-refractivity contribution in [2.75, 3.05) is 7.11 Å². The van der Waals surface area contributed by atoms with Crippen molar-refractivity contribution >= 4 is 33.9 Å². The zero-order chi connectivity index (χ0) is 22.8. The molecule has 2 amide bonds. The first-order chi connectivity index (χ1) is 14.8. The van der Waals surface area contributed by atoms with Crippen molar-refractivity contribution in [3.63, 3.8) is 0 Å². The lowest BCUT2D eigenvalue weighted by molar-refractivity contribution is -0.145. The van der Waals surface area contributed by atoms with Gasteiger partial charge >= 0.3 is 12.1 Å². The Morgan fingerprint density at radius 1 is 0.935 bits per heavy atom. The Morgan fingerprint density at radius 2 is 1.58 bits per heavy atom. The summed E-state index contributed by atoms with van der Waals surface area (Å²) in [4.78, 5) is 37.3. The molecule has 166 valence electrons. The Kier molecular flexibility index (Phi) is 9.52. The van der Waals surface area contributed by atoms with Crippen LogP contribution in [0, 0.1) is 5.92 Å². The second kappa shape index (κ2) is 12.1. The fourth-order valence-corrected chi connectivity index (χ4v) is 3.14. The number of esters is 1. The number of nitrogens with one attached hydrogen (secondary N) is 2. The molecule has 0 saturated carbocycles. The van der Waals surface area contributed by atoms with Gasteiger partial charge in [-0.1, -0.05) is 72.2 Å². The fraction of sp³-hybridized carbons (Fsp3) is 0.348. The second-order valence-electron chi connectivity index (χ2n) is 7.34. The van der Waals surface area contributed by atoms with Gasteiger partial charge in [0.25, 0.3) is 0 Å². The summed E-state index contributed by atoms with van der Waals surface area (Å²) in [6, 6.07) is 14.9. The molecule has 2 aromatic rings. The Balaban J connectivity index is 2.00. The van der Waals surface area contributed by atoms with E-state index in [0.29, 0.717) is 0 Å². The van der Waals surface area contributed by atoms with Gasteiger partial charge < -0.3 is 20.1 Å². The van der Waals surface area contributed by atoms with Crippen LogP contribution in [0.25, 0.3) is 0 Å². The molecule has 0 aliphatic heterocycles. The second-order valence-corrected chi connectivity index (χ2v) is 8.26. The van der Waals surface area contributed by atoms with Crippen molar-refractivity contribution in [1.29, 1.82) is 0 Å². The van der Waals surface area contributed by atoms with Crippen molar-refractivity contribution in [3.05, 3.63) is 70.2 Å². The molecule has 0 bridgehead atoms. The molecular formula is C23H27BrN2O5. The van der Waals surface area contributed by atoms with Crippen molar-refractivity contribution in [2.45, 2.75) is 39.0 Å². The average Bonchev–Trinajstić information content (AvgIpc) is 2.76. The number of rotatable bonds is 9. The Labute approximate surface area is 190 Å². The number of carbonyl (C=O) groups is 3. The smallest absolute Gasteiger partial charge is 0.408 e. The molecular weight excluding hydrogens is 464 g/mol. The monoisotopic (exact) mass is 490 g/mol. The molecule has 7 nitrogen and oxygen atoms in total. The molecule has 0 aromatic heterocycles. The molecule has 0 aliphatic rings. The summed E-state index contributed by atoms with van der Waals surface area (Å²) in [6.07, 6.45) is -0.449. The van der Waals surface area contributed by atoms with Crippen molar-refractivity contribution in [2.24, 2.45) is 5.92 Å². The summed E-state index contributed by atoms with van der Waals surface area (Å²) in [5, 5.41) is 5.28. The topological polar surface area (TPSA) is 93.7 Å². The van der Waals surface area contributed by atoms with Crippen LogP contribution in [0.2, 0.25) is 0 Å². The molecule has 0 saturated heterocycles. The van der Waals surface area contributed by atoms with Crippen LogP contribution in [-0.4, -0.2) is 37.2 Å². The highest BCUT2D eigenvalue weighted by Gasteiger charge is 2.29. The van der Waals surface area contributed by atoms with Crippen LogP contribution in [0.4, 0.5) is 4.79 Å². The summed E-state index contributed by atoms with van der Waals surface area (Å²) in [5.41, 5.74) is 1.69. The van der Waals surface area contributed by atoms with E-state index in [1.165, 1.54) is 7.11 Å². The lowest BCUT2D eigenvalue weighted by Crippen LogP contribution is -2.54. The molecule has 0 radical (unpaired) electrons. The third kappa shape index (κ3) is 8.05. The first-order valence-electron chi connectivity index (χ1n) is 9.90. The molecule has 0 fully saturated rings. The summed E-state index contributed by atoms with van der Waals surface area (Å²) in [5.74, 6) is -1.28. The van der Waals surface area contributed by atoms with Gasteiger partial charge in [0.2, 0.25) is 5.91 Å². The van der Waals surface area contributed by atoms with Gasteiger partial charge in [-0.05, 0) is 29.2 Å². The largest absolute Gasteiger partial charge is 0.467 e. The molecule has 0 unspecified atom stereocenters. The lowest BCUT2D eigenvalue weighted by Gasteiger charge is -2.24. The first-order valence-corrected chi connectivity index (χ1v) is 10.7. The number of alkyl carbamates (subject to hydrolysis) is 1. The van der Waals surface area contributed by atoms with Gasteiger partial charge in [-0.15, -0.1) is 0 Å². The summed E-state index contributed by atoms with van der Waals surface area (Å²) >= 11 is 3.37. The van der Waals surface area contributed by atoms with E-state index >= 15 is 0 Å². The standard InChI is InChI=1S/C23H27BrN2O5/c1-15(2)20(26-23(29)31-14-17-7-5-4-6-8-17)21(27)25-19(22(28)30-3)13-16-9-11-18(24)12-10-16/h4-12,15,19-20H,13-14H2,1-3H3,(H,25,27)(H,26,29)/t19-,20+/m1/s1. The number of benzene rings is 2. The van der Waals surface area contributed by atoms with Gasteiger partial charge in [0.05, 0.1) is 7.11 Å². The molecule has 0 spiro atoms. The highest BCUT2D eigenvalue weighted by molar-refractivity contribution is 9.10. The van der Waals surface area contributed by atoms with Crippen LogP contribution in [0.5, 0.6) is 0 Å². The number of carbonyl (C=O) groups excluding carboxylic acids is 3. The van der Waals surface area contributed by atoms with E-state index in [1.807, 2.05) is 54.6 Å². The molecule has 2 aromatic carbocycles. The predicted octanol–water partition coefficient (Wildman–Crippen LogP) is 3.60. The van der Waals surface area contributed by atoms with Crippen LogP contribution >= 0.6 is 15.9 Å². The van der Waals surface area contributed by atoms with E-state index in [0.717, 1.165) is 15.6 Å². The zero-order valence-electron chi connectivity index (χ0n) is 17.8. The average molecular weight is 491 g/mol. The third-order valence-electron chi connectivity index (χ3n) is 4.59. The predicted molar refractivity (Wildman–Crippen MR) is 120 cm³/mol. The van der Waals surface area contributed by atoms with E-state index < -0.39 is 30.1 Å². The van der Waals surface area contributed by atoms with Crippen molar-refractivity contribution in [3.8, 4) is 0 Å². The Morgan fingerprint density at radius 3 is 2.16 bits per heavy atom. The molecule has 8 heteroatoms. The minimum absolute atomic E-state index is 0.0907. The van der Waals surface area contributed by atoms with Crippen molar-refractivity contribution in [1.82, 2.24) is 10.6 Å². The number of hydrogen-bond acceptors (Lipinski definition) is 5. The summed E-state index contributed by atoms with van der Waals surface area (Å²) in [7, 11) is 1.27. The van der Waals surface area contributed by atoms with Crippen LogP contribution < -0.4 is 10.6 Å². The molecule has 2 atom stereocenters. The van der Waals surface area contributed by atoms with Gasteiger partial charge in [-0.2, -0.15) is 0 Å². The van der Waals surface area contributed by atoms with Crippen molar-refractivity contribution < 1.29 is 23.9 Å². The van der Waals surface area contributed by atoms with E-state index in [1.54, 1.807) is 13.8 Å². The highest BCUT2D eigenvalue weighted by Crippen LogP contribution is 2.13. The quantitative estimate of drug-likeness (QED) is 0.523. The van der Waals surface area contributed by atoms with Gasteiger partial charge in [-0.25, -0.2) is 9.59 Å². The molecule has 0 aliphatic carbocycles. The maximum atomic E-state index is 12.9. The number of ether oxygens (including phenoxy) is 2. The maximum Gasteiger partial charge on any atom is 0.408 e. The summed E-state index contributed by atoms with van der Waals surface area (Å²) in [6.45, 7) is 3.68. The maximum absolute atomic E-state index is 12.9. The van der Waals surface area contributed by atoms with Gasteiger partial charge in [0.15, 0.2) is 0 Å². The SMILES string of the molecule is COC(=O)[C@@H](Cc1ccc(Br)cc1)NC(=O)[C@@H](NC(=O)OCc1ccccc1)C(C)C. The van der Waals surface area contributed by atoms with Crippen LogP contribution in [-0.2, 0) is 32.1 Å². The molecule has 31 heavy (non-hydrogen) atoms. The van der Waals surface area contributed by atoms with E-state index in [9.17, 15) is 14.4 Å². The molecule has 0 heterocycles. The van der Waals surface area contributed by atoms with Gasteiger partial charge in [-0.3, -0.25) is 4.79 Å². The zero-order valence-corrected chi connectivity index (χ0v) is 19.3. The Hall–Kier alpha value is -2.87. The third-order valence-corrected chi connectivity index (χ3v) is 5.12. The van der Waals surface area contributed by atoms with E-state index in [2.05, 4.69) is 26.6 Å². The fourth-order valence-electron chi connectivity index (χ4n) is 2.88.